The van der Waals surface area contributed by atoms with Crippen LogP contribution in [0.25, 0.3) is 0 Å². The van der Waals surface area contributed by atoms with Crippen molar-refractivity contribution < 1.29 is 9.90 Å². The molecule has 1 atom stereocenters. The van der Waals surface area contributed by atoms with Gasteiger partial charge in [0.25, 0.3) is 0 Å². The molecule has 94 valence electrons. The summed E-state index contributed by atoms with van der Waals surface area (Å²) in [6.45, 7) is 6.47. The first-order chi connectivity index (χ1) is 7.58. The van der Waals surface area contributed by atoms with Crippen LogP contribution in [0.5, 0.6) is 0 Å². The van der Waals surface area contributed by atoms with Crippen LogP contribution in [0.1, 0.15) is 58.8 Å². The van der Waals surface area contributed by atoms with Gasteiger partial charge < -0.3 is 5.11 Å². The maximum absolute atomic E-state index is 11.0. The molecule has 3 heteroatoms. The highest BCUT2D eigenvalue weighted by Gasteiger charge is 2.34. The van der Waals surface area contributed by atoms with E-state index < -0.39 is 5.97 Å². The Labute approximate surface area is 98.8 Å². The van der Waals surface area contributed by atoms with E-state index in [-0.39, 0.29) is 12.0 Å². The topological polar surface area (TPSA) is 40.5 Å². The molecule has 1 unspecified atom stereocenters. The molecule has 3 nitrogen and oxygen atoms in total. The van der Waals surface area contributed by atoms with Crippen LogP contribution in [0.15, 0.2) is 0 Å². The predicted molar refractivity (Wildman–Crippen MR) is 65.6 cm³/mol. The van der Waals surface area contributed by atoms with Gasteiger partial charge in [0.05, 0.1) is 6.42 Å². The van der Waals surface area contributed by atoms with Gasteiger partial charge in [-0.1, -0.05) is 26.2 Å². The van der Waals surface area contributed by atoms with E-state index in [1.54, 1.807) is 0 Å². The second-order valence-corrected chi connectivity index (χ2v) is 5.22. The van der Waals surface area contributed by atoms with Crippen LogP contribution < -0.4 is 0 Å². The lowest BCUT2D eigenvalue weighted by molar-refractivity contribution is -0.140. The van der Waals surface area contributed by atoms with E-state index in [4.69, 9.17) is 5.11 Å². The molecule has 0 aromatic carbocycles. The van der Waals surface area contributed by atoms with E-state index in [1.807, 2.05) is 0 Å². The molecule has 1 saturated heterocycles. The first kappa shape index (κ1) is 13.5. The standard InChI is InChI=1S/C13H25NO2/c1-3-4-5-8-13(2,11-12(15)16)14-9-6-7-10-14/h3-11H2,1-2H3,(H,15,16). The molecule has 1 N–H and O–H groups in total. The Balaban J connectivity index is 2.55. The Morgan fingerprint density at radius 2 is 1.94 bits per heavy atom. The van der Waals surface area contributed by atoms with Crippen LogP contribution >= 0.6 is 0 Å². The predicted octanol–water partition coefficient (Wildman–Crippen LogP) is 2.90. The number of likely N-dealkylation sites (tertiary alicyclic amines) is 1. The van der Waals surface area contributed by atoms with E-state index in [0.29, 0.717) is 0 Å². The molecule has 1 aliphatic heterocycles. The third kappa shape index (κ3) is 3.78. The Bertz CT molecular complexity index is 224. The number of nitrogens with zero attached hydrogens (tertiary/aromatic N) is 1. The average molecular weight is 227 g/mol. The summed E-state index contributed by atoms with van der Waals surface area (Å²) in [4.78, 5) is 13.4. The number of carbonyl (C=O) groups is 1. The molecule has 0 aliphatic carbocycles. The molecule has 0 spiro atoms. The minimum atomic E-state index is -0.661. The van der Waals surface area contributed by atoms with Crippen molar-refractivity contribution in [1.29, 1.82) is 0 Å². The summed E-state index contributed by atoms with van der Waals surface area (Å²) < 4.78 is 0. The summed E-state index contributed by atoms with van der Waals surface area (Å²) >= 11 is 0. The SMILES string of the molecule is CCCCCC(C)(CC(=O)O)N1CCCC1. The summed E-state index contributed by atoms with van der Waals surface area (Å²) in [6, 6.07) is 0. The Morgan fingerprint density at radius 1 is 1.31 bits per heavy atom. The maximum Gasteiger partial charge on any atom is 0.305 e. The third-order valence-electron chi connectivity index (χ3n) is 3.72. The molecule has 16 heavy (non-hydrogen) atoms. The zero-order valence-electron chi connectivity index (χ0n) is 10.7. The van der Waals surface area contributed by atoms with Gasteiger partial charge in [-0.3, -0.25) is 9.69 Å². The van der Waals surface area contributed by atoms with Gasteiger partial charge in [-0.15, -0.1) is 0 Å². The van der Waals surface area contributed by atoms with Gasteiger partial charge in [0.1, 0.15) is 0 Å². The molecule has 1 aliphatic rings. The Hall–Kier alpha value is -0.570. The average Bonchev–Trinajstić information content (AvgIpc) is 2.70. The van der Waals surface area contributed by atoms with E-state index in [0.717, 1.165) is 25.9 Å². The summed E-state index contributed by atoms with van der Waals surface area (Å²) in [7, 11) is 0. The van der Waals surface area contributed by atoms with Gasteiger partial charge >= 0.3 is 5.97 Å². The van der Waals surface area contributed by atoms with Crippen molar-refractivity contribution in [1.82, 2.24) is 4.90 Å². The number of carboxylic acids is 1. The smallest absolute Gasteiger partial charge is 0.305 e. The first-order valence-electron chi connectivity index (χ1n) is 6.55. The zero-order valence-corrected chi connectivity index (χ0v) is 10.7. The highest BCUT2D eigenvalue weighted by Crippen LogP contribution is 2.29. The Morgan fingerprint density at radius 3 is 2.44 bits per heavy atom. The van der Waals surface area contributed by atoms with Gasteiger partial charge in [-0.2, -0.15) is 0 Å². The van der Waals surface area contributed by atoms with Crippen LogP contribution in [0.4, 0.5) is 0 Å². The zero-order chi connectivity index (χ0) is 12.0. The quantitative estimate of drug-likeness (QED) is 0.680. The molecule has 1 fully saturated rings. The molecule has 0 saturated carbocycles. The van der Waals surface area contributed by atoms with Crippen molar-refractivity contribution in [2.75, 3.05) is 13.1 Å². The highest BCUT2D eigenvalue weighted by atomic mass is 16.4. The molecule has 0 aromatic heterocycles. The number of aliphatic carboxylic acids is 1. The van der Waals surface area contributed by atoms with E-state index in [1.165, 1.54) is 25.7 Å². The van der Waals surface area contributed by atoms with Gasteiger partial charge in [-0.05, 0) is 39.3 Å². The molecule has 0 bridgehead atoms. The molecule has 0 amide bonds. The lowest BCUT2D eigenvalue weighted by Crippen LogP contribution is -2.46. The lowest BCUT2D eigenvalue weighted by atomic mass is 9.89. The lowest BCUT2D eigenvalue weighted by Gasteiger charge is -2.38. The summed E-state index contributed by atoms with van der Waals surface area (Å²) in [5, 5.41) is 9.04. The number of hydrogen-bond donors (Lipinski definition) is 1. The Kier molecular flexibility index (Phi) is 5.26. The fourth-order valence-electron chi connectivity index (χ4n) is 2.70. The largest absolute Gasteiger partial charge is 0.481 e. The monoisotopic (exact) mass is 227 g/mol. The van der Waals surface area contributed by atoms with Gasteiger partial charge in [0.2, 0.25) is 0 Å². The fourth-order valence-corrected chi connectivity index (χ4v) is 2.70. The number of unbranched alkanes of at least 4 members (excludes halogenated alkanes) is 2. The van der Waals surface area contributed by atoms with Gasteiger partial charge in [0, 0.05) is 5.54 Å². The maximum atomic E-state index is 11.0. The third-order valence-corrected chi connectivity index (χ3v) is 3.72. The minimum Gasteiger partial charge on any atom is -0.481 e. The van der Waals surface area contributed by atoms with E-state index >= 15 is 0 Å². The first-order valence-corrected chi connectivity index (χ1v) is 6.55. The normalized spacial score (nSPS) is 20.9. The number of carboxylic acid groups (broad SMARTS) is 1. The highest BCUT2D eigenvalue weighted by molar-refractivity contribution is 5.68. The summed E-state index contributed by atoms with van der Waals surface area (Å²) in [5.74, 6) is -0.661. The van der Waals surface area contributed by atoms with Crippen LogP contribution in [0, 0.1) is 0 Å². The second kappa shape index (κ2) is 6.24. The number of hydrogen-bond acceptors (Lipinski definition) is 2. The molecule has 1 rings (SSSR count). The van der Waals surface area contributed by atoms with Gasteiger partial charge in [0.15, 0.2) is 0 Å². The minimum absolute atomic E-state index is 0.114. The van der Waals surface area contributed by atoms with E-state index in [9.17, 15) is 4.79 Å². The molecule has 1 heterocycles. The molecular formula is C13H25NO2. The number of rotatable bonds is 7. The van der Waals surface area contributed by atoms with Crippen molar-refractivity contribution in [3.05, 3.63) is 0 Å². The van der Waals surface area contributed by atoms with E-state index in [2.05, 4.69) is 18.7 Å². The van der Waals surface area contributed by atoms with Gasteiger partial charge in [-0.25, -0.2) is 0 Å². The van der Waals surface area contributed by atoms with Crippen LogP contribution in [-0.2, 0) is 4.79 Å². The van der Waals surface area contributed by atoms with Crippen molar-refractivity contribution in [2.45, 2.75) is 64.3 Å². The van der Waals surface area contributed by atoms with Crippen LogP contribution in [-0.4, -0.2) is 34.6 Å². The van der Waals surface area contributed by atoms with Crippen molar-refractivity contribution in [3.63, 3.8) is 0 Å². The van der Waals surface area contributed by atoms with Crippen LogP contribution in [0.2, 0.25) is 0 Å². The van der Waals surface area contributed by atoms with Crippen LogP contribution in [0.3, 0.4) is 0 Å². The van der Waals surface area contributed by atoms with Crippen molar-refractivity contribution >= 4 is 5.97 Å². The molecule has 0 radical (unpaired) electrons. The molecule has 0 aromatic rings. The summed E-state index contributed by atoms with van der Waals surface area (Å²) in [5.41, 5.74) is -0.114. The summed E-state index contributed by atoms with van der Waals surface area (Å²) in [6.07, 6.45) is 7.32. The fraction of sp³-hybridized carbons (Fsp3) is 0.923. The van der Waals surface area contributed by atoms with Crippen molar-refractivity contribution in [2.24, 2.45) is 0 Å². The van der Waals surface area contributed by atoms with Crippen molar-refractivity contribution in [3.8, 4) is 0 Å². The second-order valence-electron chi connectivity index (χ2n) is 5.22. The molecular weight excluding hydrogens is 202 g/mol.